The molecule has 0 aliphatic rings. The van der Waals surface area contributed by atoms with Gasteiger partial charge < -0.3 is 14.2 Å². The zero-order valence-corrected chi connectivity index (χ0v) is 18.2. The first-order valence-corrected chi connectivity index (χ1v) is 10.7. The highest BCUT2D eigenvalue weighted by Gasteiger charge is 2.34. The third-order valence-corrected chi connectivity index (χ3v) is 5.68. The van der Waals surface area contributed by atoms with Crippen LogP contribution in [0.2, 0.25) is 0 Å². The van der Waals surface area contributed by atoms with Crippen LogP contribution in [0.5, 0.6) is 0 Å². The van der Waals surface area contributed by atoms with Gasteiger partial charge in [-0.3, -0.25) is 4.79 Å². The molecule has 1 N–H and O–H groups in total. The number of fused-ring (bicyclic) bond motifs is 1. The number of aryl methyl sites for hydroxylation is 1. The molecule has 9 heteroatoms. The Kier molecular flexibility index (Phi) is 5.60. The molecule has 2 heterocycles. The van der Waals surface area contributed by atoms with Gasteiger partial charge in [0.05, 0.1) is 12.0 Å². The maximum Gasteiger partial charge on any atom is 0.417 e. The Bertz CT molecular complexity index is 1520. The number of carboxylic acid groups (broad SMARTS) is 1. The van der Waals surface area contributed by atoms with Crippen LogP contribution in [-0.4, -0.2) is 25.8 Å². The fraction of sp³-hybridized carbons (Fsp3) is 0.115. The van der Waals surface area contributed by atoms with Crippen molar-refractivity contribution in [2.45, 2.75) is 19.1 Å². The minimum absolute atomic E-state index is 0.0117. The van der Waals surface area contributed by atoms with Crippen molar-refractivity contribution in [3.63, 3.8) is 0 Å². The molecule has 0 spiro atoms. The van der Waals surface area contributed by atoms with Gasteiger partial charge in [-0.15, -0.1) is 0 Å². The maximum atomic E-state index is 13.6. The van der Waals surface area contributed by atoms with Crippen molar-refractivity contribution in [3.05, 3.63) is 84.6 Å². The number of alkyl halides is 3. The van der Waals surface area contributed by atoms with Gasteiger partial charge in [-0.1, -0.05) is 35.5 Å². The third-order valence-electron chi connectivity index (χ3n) is 5.68. The summed E-state index contributed by atoms with van der Waals surface area (Å²) in [6.45, 7) is 0.349. The first-order valence-electron chi connectivity index (χ1n) is 10.7. The lowest BCUT2D eigenvalue weighted by atomic mass is 9.97. The van der Waals surface area contributed by atoms with Crippen LogP contribution < -0.4 is 0 Å². The van der Waals surface area contributed by atoms with Gasteiger partial charge in [0.1, 0.15) is 0 Å². The van der Waals surface area contributed by atoms with E-state index in [1.807, 2.05) is 29.0 Å². The van der Waals surface area contributed by atoms with E-state index >= 15 is 0 Å². The second-order valence-electron chi connectivity index (χ2n) is 7.97. The van der Waals surface area contributed by atoms with Crippen LogP contribution >= 0.6 is 0 Å². The van der Waals surface area contributed by atoms with Crippen molar-refractivity contribution < 1.29 is 27.6 Å². The first kappa shape index (κ1) is 22.4. The molecular formula is C26H18F3N3O3. The van der Waals surface area contributed by atoms with E-state index in [2.05, 4.69) is 10.1 Å². The molecule has 5 aromatic rings. The predicted molar refractivity (Wildman–Crippen MR) is 123 cm³/mol. The summed E-state index contributed by atoms with van der Waals surface area (Å²) in [6, 6.07) is 19.4. The molecule has 0 aliphatic heterocycles. The molecule has 0 saturated carbocycles. The molecule has 0 amide bonds. The number of aromatic nitrogens is 3. The number of benzene rings is 3. The summed E-state index contributed by atoms with van der Waals surface area (Å²) in [5, 5.41) is 13.8. The van der Waals surface area contributed by atoms with Crippen molar-refractivity contribution in [1.29, 1.82) is 0 Å². The van der Waals surface area contributed by atoms with Gasteiger partial charge in [0.2, 0.25) is 5.82 Å². The zero-order chi connectivity index (χ0) is 24.6. The minimum Gasteiger partial charge on any atom is -0.481 e. The topological polar surface area (TPSA) is 81.1 Å². The summed E-state index contributed by atoms with van der Waals surface area (Å²) in [7, 11) is 0. The molecule has 0 fully saturated rings. The fourth-order valence-electron chi connectivity index (χ4n) is 3.99. The number of hydrogen-bond donors (Lipinski definition) is 1. The van der Waals surface area contributed by atoms with Crippen molar-refractivity contribution >= 4 is 16.9 Å². The number of nitrogens with zero attached hydrogens (tertiary/aromatic N) is 3. The van der Waals surface area contributed by atoms with Crippen molar-refractivity contribution in [2.75, 3.05) is 0 Å². The fourth-order valence-corrected chi connectivity index (χ4v) is 3.99. The van der Waals surface area contributed by atoms with Crippen LogP contribution in [0.15, 0.2) is 83.5 Å². The normalized spacial score (nSPS) is 11.7. The highest BCUT2D eigenvalue weighted by molar-refractivity contribution is 5.85. The van der Waals surface area contributed by atoms with Crippen molar-refractivity contribution in [2.24, 2.45) is 0 Å². The van der Waals surface area contributed by atoms with Gasteiger partial charge in [-0.2, -0.15) is 18.2 Å². The maximum absolute atomic E-state index is 13.6. The van der Waals surface area contributed by atoms with Crippen LogP contribution in [0.4, 0.5) is 13.2 Å². The number of aliphatic carboxylic acids is 1. The smallest absolute Gasteiger partial charge is 0.417 e. The van der Waals surface area contributed by atoms with Gasteiger partial charge in [-0.05, 0) is 53.6 Å². The van der Waals surface area contributed by atoms with Crippen LogP contribution in [-0.2, 0) is 17.5 Å². The Morgan fingerprint density at radius 2 is 1.71 bits per heavy atom. The molecule has 0 atom stereocenters. The minimum atomic E-state index is -4.51. The summed E-state index contributed by atoms with van der Waals surface area (Å²) in [5.74, 6) is -0.479. The zero-order valence-electron chi connectivity index (χ0n) is 18.2. The molecule has 6 nitrogen and oxygen atoms in total. The Morgan fingerprint density at radius 3 is 2.46 bits per heavy atom. The average molecular weight is 477 g/mol. The largest absolute Gasteiger partial charge is 0.481 e. The van der Waals surface area contributed by atoms with Crippen LogP contribution in [0, 0.1) is 0 Å². The number of rotatable bonds is 6. The van der Waals surface area contributed by atoms with Gasteiger partial charge in [0, 0.05) is 34.8 Å². The van der Waals surface area contributed by atoms with Gasteiger partial charge in [-0.25, -0.2) is 0 Å². The predicted octanol–water partition coefficient (Wildman–Crippen LogP) is 6.52. The third kappa shape index (κ3) is 4.52. The lowest BCUT2D eigenvalue weighted by Gasteiger charge is -2.13. The highest BCUT2D eigenvalue weighted by Crippen LogP contribution is 2.39. The molecular weight excluding hydrogens is 459 g/mol. The molecule has 0 saturated heterocycles. The van der Waals surface area contributed by atoms with Gasteiger partial charge in [0.15, 0.2) is 0 Å². The number of halogens is 3. The van der Waals surface area contributed by atoms with E-state index in [1.165, 1.54) is 12.1 Å². The summed E-state index contributed by atoms with van der Waals surface area (Å²) in [4.78, 5) is 15.3. The van der Waals surface area contributed by atoms with Crippen LogP contribution in [0.25, 0.3) is 44.9 Å². The summed E-state index contributed by atoms with van der Waals surface area (Å²) >= 11 is 0. The molecule has 0 radical (unpaired) electrons. The second kappa shape index (κ2) is 8.75. The number of carboxylic acids is 1. The molecule has 0 aliphatic carbocycles. The Labute approximate surface area is 197 Å². The van der Waals surface area contributed by atoms with E-state index in [4.69, 9.17) is 9.63 Å². The quantitative estimate of drug-likeness (QED) is 0.301. The van der Waals surface area contributed by atoms with E-state index in [0.717, 1.165) is 17.0 Å². The monoisotopic (exact) mass is 477 g/mol. The molecule has 5 rings (SSSR count). The average Bonchev–Trinajstić information content (AvgIpc) is 3.49. The number of hydrogen-bond acceptors (Lipinski definition) is 4. The van der Waals surface area contributed by atoms with Gasteiger partial charge >= 0.3 is 12.1 Å². The van der Waals surface area contributed by atoms with E-state index in [1.54, 1.807) is 36.4 Å². The first-order chi connectivity index (χ1) is 16.8. The van der Waals surface area contributed by atoms with Gasteiger partial charge in [0.25, 0.3) is 5.89 Å². The number of carbonyl (C=O) groups is 1. The second-order valence-corrected chi connectivity index (χ2v) is 7.97. The summed E-state index contributed by atoms with van der Waals surface area (Å²) < 4.78 is 48.1. The van der Waals surface area contributed by atoms with E-state index in [0.29, 0.717) is 29.1 Å². The molecule has 0 unspecified atom stereocenters. The Balaban J connectivity index is 1.49. The van der Waals surface area contributed by atoms with E-state index < -0.39 is 17.7 Å². The molecule has 35 heavy (non-hydrogen) atoms. The molecule has 0 bridgehead atoms. The highest BCUT2D eigenvalue weighted by atomic mass is 19.4. The molecule has 176 valence electrons. The lowest BCUT2D eigenvalue weighted by Crippen LogP contribution is -2.07. The molecule has 2 aromatic heterocycles. The lowest BCUT2D eigenvalue weighted by molar-refractivity contribution is -0.138. The van der Waals surface area contributed by atoms with Crippen molar-refractivity contribution in [1.82, 2.24) is 14.7 Å². The van der Waals surface area contributed by atoms with E-state index in [-0.39, 0.29) is 17.9 Å². The van der Waals surface area contributed by atoms with E-state index in [9.17, 15) is 18.0 Å². The Hall–Kier alpha value is -4.40. The van der Waals surface area contributed by atoms with Crippen LogP contribution in [0.3, 0.4) is 0 Å². The molecule has 3 aromatic carbocycles. The van der Waals surface area contributed by atoms with Crippen LogP contribution in [0.1, 0.15) is 12.0 Å². The SMILES string of the molecule is O=C(O)CCn1ccc2cc(-c3noc(-c4ccc(C(F)(F)F)c(-c5ccccc5)c4)n3)ccc21. The summed E-state index contributed by atoms with van der Waals surface area (Å²) in [6.07, 6.45) is -2.69. The standard InChI is InChI=1S/C26H18F3N3O3/c27-26(28,29)21-8-6-19(15-20(21)16-4-2-1-3-5-16)25-30-24(31-35-25)18-7-9-22-17(14-18)10-12-32(22)13-11-23(33)34/h1-10,12,14-15H,11,13H2,(H,33,34). The van der Waals surface area contributed by atoms with Crippen molar-refractivity contribution in [3.8, 4) is 34.0 Å². The summed E-state index contributed by atoms with van der Waals surface area (Å²) in [5.41, 5.74) is 1.62. The Morgan fingerprint density at radius 1 is 0.943 bits per heavy atom.